The number of thiazole rings is 1. The lowest BCUT2D eigenvalue weighted by atomic mass is 10.1. The van der Waals surface area contributed by atoms with Gasteiger partial charge < -0.3 is 10.5 Å². The van der Waals surface area contributed by atoms with Crippen molar-refractivity contribution >= 4 is 11.3 Å². The number of nitrogens with zero attached hydrogens (tertiary/aromatic N) is 3. The van der Waals surface area contributed by atoms with Gasteiger partial charge in [-0.3, -0.25) is 10.00 Å². The second-order valence-electron chi connectivity index (χ2n) is 4.94. The lowest BCUT2D eigenvalue weighted by Crippen LogP contribution is -2.43. The third-order valence-electron chi connectivity index (χ3n) is 3.74. The van der Waals surface area contributed by atoms with Crippen LogP contribution in [0.1, 0.15) is 56.0 Å². The van der Waals surface area contributed by atoms with Crippen molar-refractivity contribution < 1.29 is 4.74 Å². The number of ether oxygens (including phenoxy) is 1. The molecule has 1 aliphatic heterocycles. The molecule has 2 aromatic rings. The van der Waals surface area contributed by atoms with Crippen LogP contribution in [0.3, 0.4) is 0 Å². The SMILES string of the molecule is CC.CC.Cc1ncsc1C(CN)N1CCOC(c2cn[nH]c2)C1. The molecule has 2 atom stereocenters. The van der Waals surface area contributed by atoms with Gasteiger partial charge >= 0.3 is 0 Å². The Morgan fingerprint density at radius 3 is 2.71 bits per heavy atom. The molecular formula is C17H31N5OS. The van der Waals surface area contributed by atoms with Crippen LogP contribution in [0, 0.1) is 6.92 Å². The Balaban J connectivity index is 0.000000671. The van der Waals surface area contributed by atoms with Gasteiger partial charge in [0.1, 0.15) is 0 Å². The van der Waals surface area contributed by atoms with E-state index >= 15 is 0 Å². The Labute approximate surface area is 149 Å². The topological polar surface area (TPSA) is 80.1 Å². The van der Waals surface area contributed by atoms with Crippen molar-refractivity contribution in [1.82, 2.24) is 20.1 Å². The summed E-state index contributed by atoms with van der Waals surface area (Å²) in [5.74, 6) is 0. The summed E-state index contributed by atoms with van der Waals surface area (Å²) in [7, 11) is 0. The molecule has 1 fully saturated rings. The van der Waals surface area contributed by atoms with E-state index in [1.165, 1.54) is 4.88 Å². The van der Waals surface area contributed by atoms with Gasteiger partial charge in [0.25, 0.3) is 0 Å². The zero-order valence-corrected chi connectivity index (χ0v) is 16.3. The van der Waals surface area contributed by atoms with Gasteiger partial charge in [-0.25, -0.2) is 4.98 Å². The molecule has 0 radical (unpaired) electrons. The van der Waals surface area contributed by atoms with Gasteiger partial charge in [-0.1, -0.05) is 27.7 Å². The standard InChI is InChI=1S/C13H19N5OS.2C2H6/c1-9-13(20-8-15-9)11(4-14)18-2-3-19-12(7-18)10-5-16-17-6-10;2*1-2/h5-6,8,11-12H,2-4,7,14H2,1H3,(H,16,17);2*1-2H3. The van der Waals surface area contributed by atoms with Gasteiger partial charge in [0, 0.05) is 36.3 Å². The van der Waals surface area contributed by atoms with Gasteiger partial charge in [-0.05, 0) is 6.92 Å². The Bertz CT molecular complexity index is 543. The van der Waals surface area contributed by atoms with Gasteiger partial charge in [0.2, 0.25) is 0 Å². The maximum atomic E-state index is 6.01. The van der Waals surface area contributed by atoms with Crippen LogP contribution in [0.5, 0.6) is 0 Å². The highest BCUT2D eigenvalue weighted by molar-refractivity contribution is 7.09. The molecule has 1 aliphatic rings. The molecule has 0 saturated carbocycles. The molecule has 136 valence electrons. The lowest BCUT2D eigenvalue weighted by molar-refractivity contribution is -0.0440. The first-order valence-corrected chi connectivity index (χ1v) is 9.62. The summed E-state index contributed by atoms with van der Waals surface area (Å²) in [6, 6.07) is 0.223. The number of nitrogens with two attached hydrogens (primary N) is 1. The fourth-order valence-electron chi connectivity index (χ4n) is 2.64. The van der Waals surface area contributed by atoms with Crippen molar-refractivity contribution in [3.63, 3.8) is 0 Å². The number of morpholine rings is 1. The summed E-state index contributed by atoms with van der Waals surface area (Å²) in [6.07, 6.45) is 3.78. The second-order valence-corrected chi connectivity index (χ2v) is 5.83. The van der Waals surface area contributed by atoms with Crippen LogP contribution in [-0.4, -0.2) is 46.3 Å². The second kappa shape index (κ2) is 11.3. The maximum absolute atomic E-state index is 6.01. The van der Waals surface area contributed by atoms with Gasteiger partial charge in [0.05, 0.1) is 36.2 Å². The number of hydrogen-bond donors (Lipinski definition) is 2. The minimum atomic E-state index is 0.0600. The zero-order valence-electron chi connectivity index (χ0n) is 15.5. The predicted molar refractivity (Wildman–Crippen MR) is 100 cm³/mol. The molecule has 0 aromatic carbocycles. The first-order valence-electron chi connectivity index (χ1n) is 8.74. The van der Waals surface area contributed by atoms with Crippen molar-refractivity contribution in [2.24, 2.45) is 5.73 Å². The average molecular weight is 354 g/mol. The van der Waals surface area contributed by atoms with E-state index < -0.39 is 0 Å². The summed E-state index contributed by atoms with van der Waals surface area (Å²) >= 11 is 1.68. The highest BCUT2D eigenvalue weighted by atomic mass is 32.1. The number of aromatic nitrogens is 3. The number of aromatic amines is 1. The van der Waals surface area contributed by atoms with Crippen LogP contribution < -0.4 is 5.73 Å². The summed E-state index contributed by atoms with van der Waals surface area (Å²) in [5, 5.41) is 6.84. The highest BCUT2D eigenvalue weighted by Gasteiger charge is 2.29. The van der Waals surface area contributed by atoms with Crippen molar-refractivity contribution in [1.29, 1.82) is 0 Å². The average Bonchev–Trinajstić information content (AvgIpc) is 3.32. The first kappa shape index (κ1) is 20.8. The molecule has 0 aliphatic carbocycles. The number of rotatable bonds is 4. The van der Waals surface area contributed by atoms with Crippen molar-refractivity contribution in [2.75, 3.05) is 26.2 Å². The lowest BCUT2D eigenvalue weighted by Gasteiger charge is -2.37. The summed E-state index contributed by atoms with van der Waals surface area (Å²) in [5.41, 5.74) is 10.1. The Kier molecular flexibility index (Phi) is 9.78. The molecule has 3 rings (SSSR count). The molecule has 0 amide bonds. The fourth-order valence-corrected chi connectivity index (χ4v) is 3.59. The van der Waals surface area contributed by atoms with Crippen LogP contribution in [-0.2, 0) is 4.74 Å². The van der Waals surface area contributed by atoms with Gasteiger partial charge in [0.15, 0.2) is 0 Å². The molecular weight excluding hydrogens is 322 g/mol. The maximum Gasteiger partial charge on any atom is 0.0982 e. The predicted octanol–water partition coefficient (Wildman–Crippen LogP) is 3.30. The number of nitrogens with one attached hydrogen (secondary N) is 1. The van der Waals surface area contributed by atoms with Crippen LogP contribution in [0.4, 0.5) is 0 Å². The number of H-pyrrole nitrogens is 1. The quantitative estimate of drug-likeness (QED) is 0.881. The van der Waals surface area contributed by atoms with Crippen molar-refractivity contribution in [3.8, 4) is 0 Å². The Hall–Kier alpha value is -1.28. The van der Waals surface area contributed by atoms with E-state index in [4.69, 9.17) is 10.5 Å². The molecule has 7 heteroatoms. The largest absolute Gasteiger partial charge is 0.371 e. The molecule has 6 nitrogen and oxygen atoms in total. The minimum Gasteiger partial charge on any atom is -0.371 e. The van der Waals surface area contributed by atoms with Gasteiger partial charge in [-0.15, -0.1) is 11.3 Å². The monoisotopic (exact) mass is 353 g/mol. The summed E-state index contributed by atoms with van der Waals surface area (Å²) in [6.45, 7) is 13.1. The van der Waals surface area contributed by atoms with Crippen LogP contribution in [0.25, 0.3) is 0 Å². The normalized spacial score (nSPS) is 18.8. The molecule has 2 aromatic heterocycles. The summed E-state index contributed by atoms with van der Waals surface area (Å²) < 4.78 is 5.84. The van der Waals surface area contributed by atoms with E-state index in [0.29, 0.717) is 13.2 Å². The molecule has 3 N–H and O–H groups in total. The number of hydrogen-bond acceptors (Lipinski definition) is 6. The first-order chi connectivity index (χ1) is 11.8. The highest BCUT2D eigenvalue weighted by Crippen LogP contribution is 2.31. The minimum absolute atomic E-state index is 0.0600. The van der Waals surface area contributed by atoms with E-state index in [9.17, 15) is 0 Å². The van der Waals surface area contributed by atoms with Crippen LogP contribution in [0.15, 0.2) is 17.9 Å². The molecule has 3 heterocycles. The third kappa shape index (κ3) is 5.11. The molecule has 0 spiro atoms. The molecule has 24 heavy (non-hydrogen) atoms. The van der Waals surface area contributed by atoms with E-state index in [1.54, 1.807) is 11.3 Å². The van der Waals surface area contributed by atoms with E-state index in [-0.39, 0.29) is 12.1 Å². The molecule has 1 saturated heterocycles. The van der Waals surface area contributed by atoms with Gasteiger partial charge in [-0.2, -0.15) is 5.10 Å². The smallest absolute Gasteiger partial charge is 0.0982 e. The van der Waals surface area contributed by atoms with Crippen molar-refractivity contribution in [2.45, 2.75) is 46.8 Å². The zero-order chi connectivity index (χ0) is 17.9. The van der Waals surface area contributed by atoms with Crippen LogP contribution in [0.2, 0.25) is 0 Å². The van der Waals surface area contributed by atoms with E-state index in [1.807, 2.05) is 52.5 Å². The summed E-state index contributed by atoms with van der Waals surface area (Å²) in [4.78, 5) is 7.99. The number of aryl methyl sites for hydroxylation is 1. The molecule has 2 unspecified atom stereocenters. The molecule has 0 bridgehead atoms. The third-order valence-corrected chi connectivity index (χ3v) is 4.77. The Morgan fingerprint density at radius 2 is 2.17 bits per heavy atom. The van der Waals surface area contributed by atoms with Crippen LogP contribution >= 0.6 is 11.3 Å². The fraction of sp³-hybridized carbons (Fsp3) is 0.647. The van der Waals surface area contributed by atoms with Crippen molar-refractivity contribution in [3.05, 3.63) is 34.0 Å². The van der Waals surface area contributed by atoms with E-state index in [2.05, 4.69) is 20.1 Å². The Morgan fingerprint density at radius 1 is 1.42 bits per heavy atom. The van der Waals surface area contributed by atoms with E-state index in [0.717, 1.165) is 24.3 Å².